The van der Waals surface area contributed by atoms with E-state index in [0.29, 0.717) is 22.9 Å². The molecule has 3 aromatic rings. The lowest BCUT2D eigenvalue weighted by molar-refractivity contribution is -0.146. The fourth-order valence-electron chi connectivity index (χ4n) is 2.63. The van der Waals surface area contributed by atoms with Crippen molar-refractivity contribution >= 4 is 40.3 Å². The van der Waals surface area contributed by atoms with Crippen LogP contribution in [-0.2, 0) is 20.7 Å². The normalized spacial score (nSPS) is 11.0. The number of rotatable bonds is 7. The molecule has 0 aliphatic rings. The lowest BCUT2D eigenvalue weighted by Crippen LogP contribution is -2.22. The summed E-state index contributed by atoms with van der Waals surface area (Å²) < 4.78 is 35.6. The summed E-state index contributed by atoms with van der Waals surface area (Å²) in [5.74, 6) is -3.80. The molecule has 8 heteroatoms. The molecule has 1 N–H and O–H groups in total. The Hall–Kier alpha value is -2.87. The number of hydrogen-bond acceptors (Lipinski definition) is 5. The van der Waals surface area contributed by atoms with Gasteiger partial charge in [0.25, 0.3) is 11.7 Å². The van der Waals surface area contributed by atoms with Crippen LogP contribution in [0.25, 0.3) is 11.0 Å². The van der Waals surface area contributed by atoms with Crippen LogP contribution in [0.2, 0.25) is 0 Å². The number of alkyl halides is 2. The van der Waals surface area contributed by atoms with Crippen molar-refractivity contribution in [3.63, 3.8) is 0 Å². The minimum atomic E-state index is -2.61. The molecule has 0 fully saturated rings. The Morgan fingerprint density at radius 1 is 1.21 bits per heavy atom. The zero-order valence-corrected chi connectivity index (χ0v) is 15.7. The maximum absolute atomic E-state index is 12.6. The van der Waals surface area contributed by atoms with E-state index in [1.165, 1.54) is 18.4 Å². The van der Waals surface area contributed by atoms with Crippen molar-refractivity contribution in [2.45, 2.75) is 24.0 Å². The van der Waals surface area contributed by atoms with E-state index < -0.39 is 24.2 Å². The largest absolute Gasteiger partial charge is 0.464 e. The second-order valence-corrected chi connectivity index (χ2v) is 7.05. The second kappa shape index (κ2) is 8.88. The van der Waals surface area contributed by atoms with Crippen LogP contribution in [0.15, 0.2) is 58.0 Å². The van der Waals surface area contributed by atoms with E-state index in [0.717, 1.165) is 10.9 Å². The van der Waals surface area contributed by atoms with Gasteiger partial charge in [-0.2, -0.15) is 8.78 Å². The third-order valence-corrected chi connectivity index (χ3v) is 4.68. The fourth-order valence-corrected chi connectivity index (χ4v) is 3.23. The summed E-state index contributed by atoms with van der Waals surface area (Å²) in [6, 6.07) is 11.8. The van der Waals surface area contributed by atoms with Gasteiger partial charge in [0.1, 0.15) is 5.58 Å². The van der Waals surface area contributed by atoms with Crippen molar-refractivity contribution in [2.24, 2.45) is 0 Å². The van der Waals surface area contributed by atoms with E-state index in [4.69, 9.17) is 9.15 Å². The molecule has 1 heterocycles. The van der Waals surface area contributed by atoms with Gasteiger partial charge >= 0.3 is 5.97 Å². The van der Waals surface area contributed by atoms with Gasteiger partial charge in [0.2, 0.25) is 0 Å². The Kier molecular flexibility index (Phi) is 6.30. The Morgan fingerprint density at radius 3 is 2.79 bits per heavy atom. The van der Waals surface area contributed by atoms with Crippen molar-refractivity contribution in [3.05, 3.63) is 59.9 Å². The molecule has 5 nitrogen and oxygen atoms in total. The van der Waals surface area contributed by atoms with Crippen molar-refractivity contribution in [1.82, 2.24) is 0 Å². The van der Waals surface area contributed by atoms with Crippen LogP contribution >= 0.6 is 11.8 Å². The number of benzene rings is 2. The summed E-state index contributed by atoms with van der Waals surface area (Å²) in [5.41, 5.74) is 2.62. The summed E-state index contributed by atoms with van der Waals surface area (Å²) in [6.07, 6.45) is 1.45. The van der Waals surface area contributed by atoms with E-state index >= 15 is 0 Å². The first kappa shape index (κ1) is 19.9. The number of esters is 1. The van der Waals surface area contributed by atoms with Gasteiger partial charge in [-0.05, 0) is 30.7 Å². The number of carbonyl (C=O) groups excluding carboxylic acids is 2. The standard InChI is InChI=1S/C20H17F2NO4S/c1-12-6-7-14-13(10-26-16(14)8-12)9-19(25)27-11-18(24)23-15-4-2-3-5-17(15)28-20(21)22/h2-8,10,20H,9,11H2,1H3,(H,23,24). The highest BCUT2D eigenvalue weighted by atomic mass is 32.2. The first-order chi connectivity index (χ1) is 13.4. The number of carbonyl (C=O) groups is 2. The minimum absolute atomic E-state index is 0.0405. The van der Waals surface area contributed by atoms with E-state index in [2.05, 4.69) is 5.32 Å². The zero-order chi connectivity index (χ0) is 20.1. The van der Waals surface area contributed by atoms with Gasteiger partial charge in [-0.3, -0.25) is 9.59 Å². The first-order valence-corrected chi connectivity index (χ1v) is 9.26. The van der Waals surface area contributed by atoms with Crippen LogP contribution in [-0.4, -0.2) is 24.2 Å². The highest BCUT2D eigenvalue weighted by molar-refractivity contribution is 7.99. The van der Waals surface area contributed by atoms with Crippen molar-refractivity contribution in [2.75, 3.05) is 11.9 Å². The quantitative estimate of drug-likeness (QED) is 0.453. The summed E-state index contributed by atoms with van der Waals surface area (Å²) in [7, 11) is 0. The Balaban J connectivity index is 1.55. The molecule has 1 aromatic heterocycles. The van der Waals surface area contributed by atoms with E-state index in [9.17, 15) is 18.4 Å². The number of amides is 1. The van der Waals surface area contributed by atoms with Crippen molar-refractivity contribution in [3.8, 4) is 0 Å². The molecule has 2 aromatic carbocycles. The van der Waals surface area contributed by atoms with Gasteiger partial charge in [0.05, 0.1) is 18.4 Å². The number of halogens is 2. The van der Waals surface area contributed by atoms with E-state index in [1.807, 2.05) is 25.1 Å². The monoisotopic (exact) mass is 405 g/mol. The third kappa shape index (κ3) is 5.10. The number of thioether (sulfide) groups is 1. The molecule has 1 amide bonds. The number of nitrogens with one attached hydrogen (secondary N) is 1. The average Bonchev–Trinajstić information content (AvgIpc) is 3.03. The van der Waals surface area contributed by atoms with Gasteiger partial charge in [-0.15, -0.1) is 0 Å². The van der Waals surface area contributed by atoms with Crippen molar-refractivity contribution in [1.29, 1.82) is 0 Å². The zero-order valence-electron chi connectivity index (χ0n) is 14.9. The Morgan fingerprint density at radius 2 is 2.00 bits per heavy atom. The molecule has 0 aliphatic carbocycles. The molecule has 0 saturated carbocycles. The van der Waals surface area contributed by atoms with Crippen LogP contribution in [0.3, 0.4) is 0 Å². The number of para-hydroxylation sites is 1. The number of fused-ring (bicyclic) bond motifs is 1. The maximum atomic E-state index is 12.6. The molecule has 0 bridgehead atoms. The lowest BCUT2D eigenvalue weighted by Gasteiger charge is -2.10. The second-order valence-electron chi connectivity index (χ2n) is 6.02. The molecule has 0 spiro atoms. The summed E-state index contributed by atoms with van der Waals surface area (Å²) in [6.45, 7) is 1.42. The Bertz CT molecular complexity index is 1000. The molecular weight excluding hydrogens is 388 g/mol. The van der Waals surface area contributed by atoms with Gasteiger partial charge in [-0.25, -0.2) is 0 Å². The number of ether oxygens (including phenoxy) is 1. The molecule has 0 radical (unpaired) electrons. The summed E-state index contributed by atoms with van der Waals surface area (Å²) >= 11 is 0.330. The minimum Gasteiger partial charge on any atom is -0.464 e. The Labute approximate surface area is 164 Å². The van der Waals surface area contributed by atoms with Gasteiger partial charge in [0.15, 0.2) is 6.61 Å². The summed E-state index contributed by atoms with van der Waals surface area (Å²) in [5, 5.41) is 3.29. The molecule has 0 unspecified atom stereocenters. The molecular formula is C20H17F2NO4S. The molecule has 146 valence electrons. The van der Waals surface area contributed by atoms with Crippen LogP contribution < -0.4 is 5.32 Å². The number of hydrogen-bond donors (Lipinski definition) is 1. The SMILES string of the molecule is Cc1ccc2c(CC(=O)OCC(=O)Nc3ccccc3SC(F)F)coc2c1. The lowest BCUT2D eigenvalue weighted by atomic mass is 10.1. The predicted molar refractivity (Wildman–Crippen MR) is 103 cm³/mol. The maximum Gasteiger partial charge on any atom is 0.310 e. The van der Waals surface area contributed by atoms with Gasteiger partial charge < -0.3 is 14.5 Å². The first-order valence-electron chi connectivity index (χ1n) is 8.38. The molecule has 28 heavy (non-hydrogen) atoms. The fraction of sp³-hybridized carbons (Fsp3) is 0.200. The van der Waals surface area contributed by atoms with Crippen LogP contribution in [0.5, 0.6) is 0 Å². The highest BCUT2D eigenvalue weighted by Crippen LogP contribution is 2.31. The van der Waals surface area contributed by atoms with Crippen LogP contribution in [0, 0.1) is 6.92 Å². The molecule has 3 rings (SSSR count). The topological polar surface area (TPSA) is 68.5 Å². The number of anilines is 1. The molecule has 0 aliphatic heterocycles. The van der Waals surface area contributed by atoms with Gasteiger partial charge in [-0.1, -0.05) is 36.0 Å². The predicted octanol–water partition coefficient (Wildman–Crippen LogP) is 4.78. The summed E-state index contributed by atoms with van der Waals surface area (Å²) in [4.78, 5) is 24.3. The van der Waals surface area contributed by atoms with Crippen molar-refractivity contribution < 1.29 is 27.5 Å². The highest BCUT2D eigenvalue weighted by Gasteiger charge is 2.15. The third-order valence-electron chi connectivity index (χ3n) is 3.89. The average molecular weight is 405 g/mol. The van der Waals surface area contributed by atoms with Gasteiger partial charge in [0, 0.05) is 15.8 Å². The van der Waals surface area contributed by atoms with Crippen LogP contribution in [0.1, 0.15) is 11.1 Å². The number of aryl methyl sites for hydroxylation is 1. The van der Waals surface area contributed by atoms with Crippen LogP contribution in [0.4, 0.5) is 14.5 Å². The molecule has 0 atom stereocenters. The molecule has 0 saturated heterocycles. The van der Waals surface area contributed by atoms with E-state index in [1.54, 1.807) is 12.1 Å². The van der Waals surface area contributed by atoms with E-state index in [-0.39, 0.29) is 17.0 Å². The number of furan rings is 1. The smallest absolute Gasteiger partial charge is 0.310 e.